The van der Waals surface area contributed by atoms with E-state index in [1.807, 2.05) is 18.7 Å². The number of aliphatic carboxylic acids is 1. The van der Waals surface area contributed by atoms with Crippen molar-refractivity contribution in [3.05, 3.63) is 29.8 Å². The van der Waals surface area contributed by atoms with Gasteiger partial charge in [0.25, 0.3) is 5.91 Å². The molecule has 2 fully saturated rings. The molecule has 1 aliphatic carbocycles. The highest BCUT2D eigenvalue weighted by Crippen LogP contribution is 2.24. The number of nitrogens with zero attached hydrogens (tertiary/aromatic N) is 1. The third-order valence-corrected chi connectivity index (χ3v) is 6.61. The fourth-order valence-corrected chi connectivity index (χ4v) is 4.29. The van der Waals surface area contributed by atoms with Crippen LogP contribution in [-0.4, -0.2) is 59.5 Å². The van der Waals surface area contributed by atoms with Gasteiger partial charge in [-0.05, 0) is 55.9 Å². The van der Waals surface area contributed by atoms with E-state index in [0.29, 0.717) is 43.1 Å². The number of amides is 3. The van der Waals surface area contributed by atoms with Gasteiger partial charge < -0.3 is 20.6 Å². The van der Waals surface area contributed by atoms with Crippen molar-refractivity contribution in [2.75, 3.05) is 25.0 Å². The van der Waals surface area contributed by atoms with Crippen LogP contribution in [0, 0.1) is 17.8 Å². The number of alkyl halides is 3. The topological polar surface area (TPSA) is 116 Å². The predicted octanol–water partition coefficient (Wildman–Crippen LogP) is 4.46. The Hall–Kier alpha value is -3.11. The van der Waals surface area contributed by atoms with E-state index in [1.165, 1.54) is 32.1 Å². The first-order valence-electron chi connectivity index (χ1n) is 12.7. The van der Waals surface area contributed by atoms with Gasteiger partial charge in [0.2, 0.25) is 11.8 Å². The lowest BCUT2D eigenvalue weighted by atomic mass is 9.89. The van der Waals surface area contributed by atoms with E-state index in [9.17, 15) is 27.6 Å². The van der Waals surface area contributed by atoms with Crippen LogP contribution in [0.1, 0.15) is 69.2 Å². The number of hydrogen-bond donors (Lipinski definition) is 3. The van der Waals surface area contributed by atoms with E-state index in [-0.39, 0.29) is 29.6 Å². The first-order chi connectivity index (χ1) is 17.4. The predicted molar refractivity (Wildman–Crippen MR) is 132 cm³/mol. The number of carboxylic acid groups (broad SMARTS) is 1. The molecule has 0 bridgehead atoms. The zero-order valence-corrected chi connectivity index (χ0v) is 21.3. The van der Waals surface area contributed by atoms with Gasteiger partial charge in [-0.3, -0.25) is 14.4 Å². The van der Waals surface area contributed by atoms with E-state index < -0.39 is 12.1 Å². The molecule has 3 rings (SSSR count). The number of rotatable bonds is 6. The zero-order valence-electron chi connectivity index (χ0n) is 21.3. The maximum absolute atomic E-state index is 12.8. The molecule has 0 aromatic heterocycles. The van der Waals surface area contributed by atoms with E-state index in [2.05, 4.69) is 10.6 Å². The van der Waals surface area contributed by atoms with Crippen LogP contribution in [0.15, 0.2) is 24.3 Å². The molecule has 0 spiro atoms. The van der Waals surface area contributed by atoms with Gasteiger partial charge in [-0.2, -0.15) is 13.2 Å². The Kier molecular flexibility index (Phi) is 11.4. The smallest absolute Gasteiger partial charge is 0.475 e. The van der Waals surface area contributed by atoms with Crippen LogP contribution in [-0.2, 0) is 14.4 Å². The molecule has 1 saturated carbocycles. The highest BCUT2D eigenvalue weighted by atomic mass is 19.4. The van der Waals surface area contributed by atoms with Crippen LogP contribution in [0.25, 0.3) is 0 Å². The number of hydrogen-bond acceptors (Lipinski definition) is 4. The summed E-state index contributed by atoms with van der Waals surface area (Å²) in [6, 6.07) is 7.03. The third-order valence-electron chi connectivity index (χ3n) is 6.61. The number of carbonyl (C=O) groups is 4. The highest BCUT2D eigenvalue weighted by Gasteiger charge is 2.38. The van der Waals surface area contributed by atoms with Crippen molar-refractivity contribution in [2.24, 2.45) is 17.8 Å². The fraction of sp³-hybridized carbons (Fsp3) is 0.615. The van der Waals surface area contributed by atoms with Gasteiger partial charge >= 0.3 is 12.1 Å². The van der Waals surface area contributed by atoms with E-state index in [1.54, 1.807) is 24.3 Å². The number of carbonyl (C=O) groups excluding carboxylic acids is 3. The minimum Gasteiger partial charge on any atom is -0.475 e. The minimum absolute atomic E-state index is 0.00580. The van der Waals surface area contributed by atoms with Crippen molar-refractivity contribution >= 4 is 29.4 Å². The fourth-order valence-electron chi connectivity index (χ4n) is 4.29. The number of nitrogens with one attached hydrogen (secondary N) is 2. The summed E-state index contributed by atoms with van der Waals surface area (Å²) in [4.78, 5) is 47.8. The molecule has 3 amide bonds. The van der Waals surface area contributed by atoms with E-state index >= 15 is 0 Å². The molecule has 1 aromatic carbocycles. The molecule has 8 nitrogen and oxygen atoms in total. The summed E-state index contributed by atoms with van der Waals surface area (Å²) in [6.07, 6.45) is 2.69. The molecule has 0 atom stereocenters. The van der Waals surface area contributed by atoms with Crippen LogP contribution in [0.4, 0.5) is 18.9 Å². The zero-order chi connectivity index (χ0) is 27.6. The van der Waals surface area contributed by atoms with Crippen molar-refractivity contribution in [3.63, 3.8) is 0 Å². The van der Waals surface area contributed by atoms with Crippen molar-refractivity contribution in [2.45, 2.75) is 65.0 Å². The van der Waals surface area contributed by atoms with E-state index in [4.69, 9.17) is 9.90 Å². The molecule has 2 aliphatic rings. The maximum atomic E-state index is 12.8. The van der Waals surface area contributed by atoms with Crippen molar-refractivity contribution in [1.29, 1.82) is 0 Å². The van der Waals surface area contributed by atoms with Crippen LogP contribution < -0.4 is 10.6 Å². The second-order valence-electron chi connectivity index (χ2n) is 9.84. The molecule has 0 radical (unpaired) electrons. The van der Waals surface area contributed by atoms with Crippen LogP contribution in [0.3, 0.4) is 0 Å². The SMILES string of the molecule is CC(C)C(=O)Nc1ccc(C(=O)N2CCC(C(=O)NCC3CCCCC3)CC2)cc1.O=C(O)C(F)(F)F. The number of likely N-dealkylation sites (tertiary alicyclic amines) is 1. The molecule has 1 saturated heterocycles. The van der Waals surface area contributed by atoms with Crippen LogP contribution >= 0.6 is 0 Å². The summed E-state index contributed by atoms with van der Waals surface area (Å²) in [7, 11) is 0. The summed E-state index contributed by atoms with van der Waals surface area (Å²) in [6.45, 7) is 5.69. The molecule has 3 N–H and O–H groups in total. The number of halogens is 3. The maximum Gasteiger partial charge on any atom is 0.490 e. The summed E-state index contributed by atoms with van der Waals surface area (Å²) < 4.78 is 31.7. The normalized spacial score (nSPS) is 17.0. The molecule has 0 unspecified atom stereocenters. The summed E-state index contributed by atoms with van der Waals surface area (Å²) in [5, 5.41) is 13.1. The first-order valence-corrected chi connectivity index (χ1v) is 12.7. The Morgan fingerprint density at radius 2 is 1.51 bits per heavy atom. The average molecular weight is 528 g/mol. The number of carboxylic acids is 1. The van der Waals surface area contributed by atoms with Gasteiger partial charge in [-0.15, -0.1) is 0 Å². The Morgan fingerprint density at radius 1 is 0.973 bits per heavy atom. The molecule has 1 heterocycles. The Balaban J connectivity index is 0.000000604. The van der Waals surface area contributed by atoms with Gasteiger partial charge in [-0.1, -0.05) is 33.1 Å². The molecule has 11 heteroatoms. The van der Waals surface area contributed by atoms with Gasteiger partial charge in [0.05, 0.1) is 0 Å². The quantitative estimate of drug-likeness (QED) is 0.505. The monoisotopic (exact) mass is 527 g/mol. The first kappa shape index (κ1) is 30.1. The Bertz CT molecular complexity index is 920. The van der Waals surface area contributed by atoms with Gasteiger partial charge in [0, 0.05) is 42.7 Å². The second kappa shape index (κ2) is 14.0. The molecular weight excluding hydrogens is 491 g/mol. The Labute approximate surface area is 215 Å². The van der Waals surface area contributed by atoms with Gasteiger partial charge in [0.15, 0.2) is 0 Å². The molecular formula is C26H36F3N3O5. The highest BCUT2D eigenvalue weighted by molar-refractivity contribution is 5.96. The molecule has 1 aliphatic heterocycles. The minimum atomic E-state index is -5.08. The Morgan fingerprint density at radius 3 is 2.00 bits per heavy atom. The van der Waals surface area contributed by atoms with Crippen molar-refractivity contribution in [3.8, 4) is 0 Å². The number of benzene rings is 1. The number of piperidine rings is 1. The van der Waals surface area contributed by atoms with Crippen LogP contribution in [0.2, 0.25) is 0 Å². The van der Waals surface area contributed by atoms with Crippen LogP contribution in [0.5, 0.6) is 0 Å². The lowest BCUT2D eigenvalue weighted by Crippen LogP contribution is -2.43. The number of anilines is 1. The van der Waals surface area contributed by atoms with Gasteiger partial charge in [0.1, 0.15) is 0 Å². The largest absolute Gasteiger partial charge is 0.490 e. The second-order valence-corrected chi connectivity index (χ2v) is 9.84. The molecule has 1 aromatic rings. The van der Waals surface area contributed by atoms with Crippen molar-refractivity contribution < 1.29 is 37.5 Å². The molecule has 37 heavy (non-hydrogen) atoms. The van der Waals surface area contributed by atoms with Gasteiger partial charge in [-0.25, -0.2) is 4.79 Å². The standard InChI is InChI=1S/C24H35N3O3.C2HF3O2/c1-17(2)22(28)26-21-10-8-20(9-11-21)24(30)27-14-12-19(13-15-27)23(29)25-16-18-6-4-3-5-7-18;3-2(4,5)1(6)7/h8-11,17-19H,3-7,12-16H2,1-2H3,(H,25,29)(H,26,28);(H,6,7). The average Bonchev–Trinajstić information content (AvgIpc) is 2.87. The van der Waals surface area contributed by atoms with Crippen molar-refractivity contribution in [1.82, 2.24) is 10.2 Å². The third kappa shape index (κ3) is 10.0. The summed E-state index contributed by atoms with van der Waals surface area (Å²) in [5.74, 6) is -2.11. The van der Waals surface area contributed by atoms with E-state index in [0.717, 1.165) is 6.54 Å². The summed E-state index contributed by atoms with van der Waals surface area (Å²) in [5.41, 5.74) is 1.30. The summed E-state index contributed by atoms with van der Waals surface area (Å²) >= 11 is 0. The lowest BCUT2D eigenvalue weighted by molar-refractivity contribution is -0.192. The lowest BCUT2D eigenvalue weighted by Gasteiger charge is -2.32. The molecule has 206 valence electrons.